The number of hydrogen-bond donors (Lipinski definition) is 1. The number of hydrogen-bond acceptors (Lipinski definition) is 3. The molecular weight excluding hydrogens is 306 g/mol. The molecule has 128 valence electrons. The Labute approximate surface area is 140 Å². The molecule has 2 aliphatic heterocycles. The fourth-order valence-corrected chi connectivity index (χ4v) is 4.11. The zero-order chi connectivity index (χ0) is 17.1. The molecular formula is C18H23N3O3. The molecule has 6 nitrogen and oxygen atoms in total. The number of aromatic amines is 1. The first-order valence-electron chi connectivity index (χ1n) is 8.54. The molecule has 2 bridgehead atoms. The van der Waals surface area contributed by atoms with Gasteiger partial charge in [0.1, 0.15) is 5.60 Å². The molecule has 2 saturated heterocycles. The van der Waals surface area contributed by atoms with Gasteiger partial charge in [-0.1, -0.05) is 12.1 Å². The van der Waals surface area contributed by atoms with E-state index in [1.54, 1.807) is 0 Å². The molecule has 1 amide bonds. The number of rotatable bonds is 1. The molecule has 1 N–H and O–H groups in total. The molecule has 5 rings (SSSR count). The van der Waals surface area contributed by atoms with Gasteiger partial charge in [0.2, 0.25) is 0 Å². The van der Waals surface area contributed by atoms with Crippen LogP contribution < -0.4 is 5.69 Å². The van der Waals surface area contributed by atoms with Crippen LogP contribution >= 0.6 is 0 Å². The van der Waals surface area contributed by atoms with Crippen LogP contribution in [-0.4, -0.2) is 38.2 Å². The fourth-order valence-electron chi connectivity index (χ4n) is 4.11. The van der Waals surface area contributed by atoms with Gasteiger partial charge in [0.25, 0.3) is 0 Å². The van der Waals surface area contributed by atoms with Crippen molar-refractivity contribution in [1.29, 1.82) is 0 Å². The number of carbonyl (C=O) groups is 1. The molecule has 1 aromatic heterocycles. The van der Waals surface area contributed by atoms with E-state index in [1.807, 2.05) is 54.5 Å². The summed E-state index contributed by atoms with van der Waals surface area (Å²) < 4.78 is 7.37. The van der Waals surface area contributed by atoms with Gasteiger partial charge in [0.15, 0.2) is 0 Å². The average Bonchev–Trinajstić information content (AvgIpc) is 2.80. The van der Waals surface area contributed by atoms with Crippen LogP contribution in [0.4, 0.5) is 4.79 Å². The summed E-state index contributed by atoms with van der Waals surface area (Å²) in [6.45, 7) is 5.65. The zero-order valence-corrected chi connectivity index (χ0v) is 14.3. The van der Waals surface area contributed by atoms with Gasteiger partial charge >= 0.3 is 11.8 Å². The highest BCUT2D eigenvalue weighted by Gasteiger charge is 2.50. The van der Waals surface area contributed by atoms with Crippen LogP contribution in [0.15, 0.2) is 29.1 Å². The summed E-state index contributed by atoms with van der Waals surface area (Å²) in [5.41, 5.74) is 1.27. The van der Waals surface area contributed by atoms with Crippen molar-refractivity contribution in [3.05, 3.63) is 34.7 Å². The first kappa shape index (κ1) is 15.3. The number of aromatic nitrogens is 2. The van der Waals surface area contributed by atoms with Gasteiger partial charge < -0.3 is 14.6 Å². The third-order valence-corrected chi connectivity index (χ3v) is 5.01. The minimum Gasteiger partial charge on any atom is -0.444 e. The van der Waals surface area contributed by atoms with Crippen LogP contribution in [0.3, 0.4) is 0 Å². The van der Waals surface area contributed by atoms with Crippen LogP contribution in [-0.2, 0) is 4.74 Å². The van der Waals surface area contributed by atoms with Crippen molar-refractivity contribution in [2.45, 2.75) is 63.8 Å². The average molecular weight is 329 g/mol. The molecule has 1 saturated carbocycles. The molecule has 2 aromatic rings. The molecule has 3 heterocycles. The Bertz CT molecular complexity index is 833. The minimum atomic E-state index is -0.478. The Balaban J connectivity index is 1.55. The number of nitrogens with zero attached hydrogens (tertiary/aromatic N) is 2. The van der Waals surface area contributed by atoms with E-state index in [1.165, 1.54) is 0 Å². The molecule has 0 spiro atoms. The topological polar surface area (TPSA) is 67.3 Å². The highest BCUT2D eigenvalue weighted by atomic mass is 16.6. The molecule has 0 radical (unpaired) electrons. The second-order valence-electron chi connectivity index (χ2n) is 7.87. The summed E-state index contributed by atoms with van der Waals surface area (Å²) in [5.74, 6) is 0. The summed E-state index contributed by atoms with van der Waals surface area (Å²) in [6, 6.07) is 8.24. The Morgan fingerprint density at radius 2 is 1.75 bits per heavy atom. The second-order valence-corrected chi connectivity index (χ2v) is 7.87. The lowest BCUT2D eigenvalue weighted by Gasteiger charge is -2.54. The van der Waals surface area contributed by atoms with Gasteiger partial charge in [0.05, 0.1) is 11.0 Å². The van der Waals surface area contributed by atoms with Gasteiger partial charge in [-0.3, -0.25) is 4.57 Å². The van der Waals surface area contributed by atoms with Crippen LogP contribution in [0.5, 0.6) is 0 Å². The molecule has 2 unspecified atom stereocenters. The number of imidazole rings is 1. The number of ether oxygens (including phenoxy) is 1. The van der Waals surface area contributed by atoms with E-state index in [4.69, 9.17) is 4.74 Å². The number of benzene rings is 1. The fraction of sp³-hybridized carbons (Fsp3) is 0.556. The highest BCUT2D eigenvalue weighted by Crippen LogP contribution is 2.44. The van der Waals surface area contributed by atoms with Gasteiger partial charge in [-0.25, -0.2) is 9.59 Å². The Morgan fingerprint density at radius 3 is 2.42 bits per heavy atom. The molecule has 6 heteroatoms. The third kappa shape index (κ3) is 2.41. The maximum absolute atomic E-state index is 12.4. The van der Waals surface area contributed by atoms with Gasteiger partial charge in [0, 0.05) is 18.1 Å². The largest absolute Gasteiger partial charge is 0.444 e. The molecule has 3 fully saturated rings. The van der Waals surface area contributed by atoms with E-state index in [2.05, 4.69) is 4.98 Å². The molecule has 1 aliphatic carbocycles. The van der Waals surface area contributed by atoms with Crippen molar-refractivity contribution >= 4 is 17.1 Å². The predicted molar refractivity (Wildman–Crippen MR) is 91.1 cm³/mol. The van der Waals surface area contributed by atoms with E-state index in [9.17, 15) is 9.59 Å². The smallest absolute Gasteiger partial charge is 0.410 e. The number of amides is 1. The lowest BCUT2D eigenvalue weighted by Crippen LogP contribution is -2.64. The van der Waals surface area contributed by atoms with Crippen molar-refractivity contribution in [1.82, 2.24) is 14.5 Å². The third-order valence-electron chi connectivity index (χ3n) is 5.01. The van der Waals surface area contributed by atoms with Crippen LogP contribution in [0.2, 0.25) is 0 Å². The molecule has 24 heavy (non-hydrogen) atoms. The summed E-state index contributed by atoms with van der Waals surface area (Å²) in [7, 11) is 0. The second kappa shape index (κ2) is 5.13. The Kier molecular flexibility index (Phi) is 3.27. The first-order valence-corrected chi connectivity index (χ1v) is 8.54. The van der Waals surface area contributed by atoms with Crippen molar-refractivity contribution in [2.75, 3.05) is 0 Å². The lowest BCUT2D eigenvalue weighted by atomic mass is 9.77. The van der Waals surface area contributed by atoms with E-state index in [0.717, 1.165) is 30.3 Å². The van der Waals surface area contributed by atoms with Crippen LogP contribution in [0.1, 0.15) is 46.1 Å². The summed E-state index contributed by atoms with van der Waals surface area (Å²) in [5, 5.41) is 0. The number of carbonyl (C=O) groups excluding carboxylic acids is 1. The monoisotopic (exact) mass is 329 g/mol. The lowest BCUT2D eigenvalue weighted by molar-refractivity contribution is -0.0630. The van der Waals surface area contributed by atoms with Gasteiger partial charge in [-0.15, -0.1) is 0 Å². The maximum Gasteiger partial charge on any atom is 0.410 e. The van der Waals surface area contributed by atoms with Gasteiger partial charge in [-0.2, -0.15) is 0 Å². The van der Waals surface area contributed by atoms with E-state index >= 15 is 0 Å². The van der Waals surface area contributed by atoms with Crippen molar-refractivity contribution in [3.63, 3.8) is 0 Å². The SMILES string of the molecule is CC(C)(C)OC(=O)N1C2CC1CC(n1c(=O)[nH]c3ccccc31)C2. The first-order chi connectivity index (χ1) is 11.3. The normalized spacial score (nSPS) is 26.3. The van der Waals surface area contributed by atoms with Crippen LogP contribution in [0.25, 0.3) is 11.0 Å². The standard InChI is InChI=1S/C18H23N3O3/c1-18(2,3)24-17(23)20-11-8-12(20)10-13(9-11)21-15-7-5-4-6-14(15)19-16(21)22/h4-7,11-13H,8-10H2,1-3H3,(H,19,22). The zero-order valence-electron chi connectivity index (χ0n) is 14.3. The summed E-state index contributed by atoms with van der Waals surface area (Å²) in [6.07, 6.45) is 2.38. The number of H-pyrrole nitrogens is 1. The van der Waals surface area contributed by atoms with Crippen molar-refractivity contribution in [3.8, 4) is 0 Å². The van der Waals surface area contributed by atoms with Crippen molar-refractivity contribution in [2.24, 2.45) is 0 Å². The molecule has 1 aromatic carbocycles. The van der Waals surface area contributed by atoms with Gasteiger partial charge in [-0.05, 0) is 52.2 Å². The summed E-state index contributed by atoms with van der Waals surface area (Å²) >= 11 is 0. The van der Waals surface area contributed by atoms with Crippen molar-refractivity contribution < 1.29 is 9.53 Å². The Hall–Kier alpha value is -2.24. The highest BCUT2D eigenvalue weighted by molar-refractivity contribution is 5.75. The van der Waals surface area contributed by atoms with Crippen LogP contribution in [0, 0.1) is 0 Å². The quantitative estimate of drug-likeness (QED) is 0.874. The maximum atomic E-state index is 12.4. The molecule has 3 aliphatic rings. The number of piperidine rings is 1. The Morgan fingerprint density at radius 1 is 1.12 bits per heavy atom. The number of para-hydroxylation sites is 2. The number of nitrogens with one attached hydrogen (secondary N) is 1. The minimum absolute atomic E-state index is 0.0636. The molecule has 2 atom stereocenters. The number of fused-ring (bicyclic) bond motifs is 3. The predicted octanol–water partition coefficient (Wildman–Crippen LogP) is 3.04. The van der Waals surface area contributed by atoms with E-state index in [-0.39, 0.29) is 29.9 Å². The van der Waals surface area contributed by atoms with E-state index < -0.39 is 5.60 Å². The van der Waals surface area contributed by atoms with E-state index in [0.29, 0.717) is 0 Å². The summed E-state index contributed by atoms with van der Waals surface area (Å²) in [4.78, 5) is 29.5.